The minimum Gasteiger partial charge on any atom is -0.380 e. The Bertz CT molecular complexity index is 231. The summed E-state index contributed by atoms with van der Waals surface area (Å²) in [5.41, 5.74) is 0. The van der Waals surface area contributed by atoms with Gasteiger partial charge in [0.2, 0.25) is 0 Å². The summed E-state index contributed by atoms with van der Waals surface area (Å²) in [7, 11) is 1.75. The molecule has 0 amide bonds. The standard InChI is InChI=1S/C12H23N3O/c1-4-12(9-13)15-7-5-14(6-8-15)10-11(2)16-3/h11-12H,4-8,10H2,1-3H3. The van der Waals surface area contributed by atoms with Crippen LogP contribution in [0.15, 0.2) is 0 Å². The minimum atomic E-state index is 0.0991. The molecule has 1 fully saturated rings. The molecule has 4 heteroatoms. The van der Waals surface area contributed by atoms with E-state index in [1.165, 1.54) is 0 Å². The highest BCUT2D eigenvalue weighted by Crippen LogP contribution is 2.09. The summed E-state index contributed by atoms with van der Waals surface area (Å²) in [6.07, 6.45) is 1.22. The van der Waals surface area contributed by atoms with Gasteiger partial charge in [0.05, 0.1) is 18.2 Å². The van der Waals surface area contributed by atoms with Crippen molar-refractivity contribution in [2.45, 2.75) is 32.4 Å². The van der Waals surface area contributed by atoms with Crippen LogP contribution in [0, 0.1) is 11.3 Å². The number of nitrogens with zero attached hydrogens (tertiary/aromatic N) is 3. The Labute approximate surface area is 98.8 Å². The van der Waals surface area contributed by atoms with Gasteiger partial charge >= 0.3 is 0 Å². The van der Waals surface area contributed by atoms with Crippen molar-refractivity contribution in [2.24, 2.45) is 0 Å². The lowest BCUT2D eigenvalue weighted by molar-refractivity contribution is 0.0471. The van der Waals surface area contributed by atoms with Gasteiger partial charge in [-0.25, -0.2) is 0 Å². The minimum absolute atomic E-state index is 0.0991. The van der Waals surface area contributed by atoms with Gasteiger partial charge in [0, 0.05) is 39.8 Å². The molecule has 1 aliphatic heterocycles. The van der Waals surface area contributed by atoms with Gasteiger partial charge in [-0.2, -0.15) is 5.26 Å². The fourth-order valence-corrected chi connectivity index (χ4v) is 2.13. The van der Waals surface area contributed by atoms with Crippen molar-refractivity contribution < 1.29 is 4.74 Å². The number of rotatable bonds is 5. The number of nitriles is 1. The third kappa shape index (κ3) is 3.75. The van der Waals surface area contributed by atoms with E-state index in [1.807, 2.05) is 0 Å². The predicted octanol–water partition coefficient (Wildman–Crippen LogP) is 0.941. The van der Waals surface area contributed by atoms with Crippen molar-refractivity contribution >= 4 is 0 Å². The molecular weight excluding hydrogens is 202 g/mol. The SMILES string of the molecule is CCC(C#N)N1CCN(CC(C)OC)CC1. The average molecular weight is 225 g/mol. The van der Waals surface area contributed by atoms with Gasteiger partial charge in [-0.15, -0.1) is 0 Å². The van der Waals surface area contributed by atoms with E-state index < -0.39 is 0 Å². The van der Waals surface area contributed by atoms with Crippen molar-refractivity contribution in [3.8, 4) is 6.07 Å². The number of piperazine rings is 1. The van der Waals surface area contributed by atoms with Crippen LogP contribution in [0.5, 0.6) is 0 Å². The maximum atomic E-state index is 9.00. The fraction of sp³-hybridized carbons (Fsp3) is 0.917. The Morgan fingerprint density at radius 3 is 2.38 bits per heavy atom. The van der Waals surface area contributed by atoms with Crippen LogP contribution < -0.4 is 0 Å². The second-order valence-corrected chi connectivity index (χ2v) is 4.44. The van der Waals surface area contributed by atoms with Crippen molar-refractivity contribution in [3.63, 3.8) is 0 Å². The van der Waals surface area contributed by atoms with Crippen LogP contribution in [0.3, 0.4) is 0 Å². The fourth-order valence-electron chi connectivity index (χ4n) is 2.13. The smallest absolute Gasteiger partial charge is 0.0976 e. The molecule has 0 N–H and O–H groups in total. The molecule has 0 bridgehead atoms. The first-order valence-corrected chi connectivity index (χ1v) is 6.10. The van der Waals surface area contributed by atoms with Crippen molar-refractivity contribution in [1.82, 2.24) is 9.80 Å². The van der Waals surface area contributed by atoms with Crippen LogP contribution >= 0.6 is 0 Å². The summed E-state index contributed by atoms with van der Waals surface area (Å²) in [5, 5.41) is 9.00. The van der Waals surface area contributed by atoms with E-state index in [1.54, 1.807) is 7.11 Å². The third-order valence-electron chi connectivity index (χ3n) is 3.30. The molecule has 92 valence electrons. The normalized spacial score (nSPS) is 22.6. The van der Waals surface area contributed by atoms with Gasteiger partial charge in [0.15, 0.2) is 0 Å². The quantitative estimate of drug-likeness (QED) is 0.698. The summed E-state index contributed by atoms with van der Waals surface area (Å²) >= 11 is 0. The van der Waals surface area contributed by atoms with Crippen LogP contribution in [-0.2, 0) is 4.74 Å². The van der Waals surface area contributed by atoms with Gasteiger partial charge in [-0.1, -0.05) is 6.92 Å². The van der Waals surface area contributed by atoms with E-state index in [2.05, 4.69) is 29.7 Å². The Hall–Kier alpha value is -0.630. The van der Waals surface area contributed by atoms with Crippen LogP contribution in [0.4, 0.5) is 0 Å². The van der Waals surface area contributed by atoms with Crippen LogP contribution in [0.1, 0.15) is 20.3 Å². The lowest BCUT2D eigenvalue weighted by Gasteiger charge is -2.37. The maximum Gasteiger partial charge on any atom is 0.0976 e. The zero-order chi connectivity index (χ0) is 12.0. The molecule has 0 aromatic rings. The molecule has 0 spiro atoms. The van der Waals surface area contributed by atoms with Gasteiger partial charge in [-0.3, -0.25) is 9.80 Å². The van der Waals surface area contributed by atoms with Crippen molar-refractivity contribution in [1.29, 1.82) is 5.26 Å². The molecular formula is C12H23N3O. The van der Waals surface area contributed by atoms with Crippen LogP contribution in [-0.4, -0.2) is 61.8 Å². The van der Waals surface area contributed by atoms with Crippen molar-refractivity contribution in [2.75, 3.05) is 39.8 Å². The van der Waals surface area contributed by atoms with E-state index in [9.17, 15) is 0 Å². The Balaban J connectivity index is 2.31. The van der Waals surface area contributed by atoms with E-state index in [0.29, 0.717) is 6.10 Å². The monoisotopic (exact) mass is 225 g/mol. The average Bonchev–Trinajstić information content (AvgIpc) is 2.32. The first kappa shape index (κ1) is 13.4. The zero-order valence-corrected chi connectivity index (χ0v) is 10.6. The first-order chi connectivity index (χ1) is 7.71. The molecule has 1 heterocycles. The molecule has 1 saturated heterocycles. The molecule has 16 heavy (non-hydrogen) atoms. The lowest BCUT2D eigenvalue weighted by atomic mass is 10.2. The van der Waals surface area contributed by atoms with Gasteiger partial charge in [0.1, 0.15) is 0 Å². The van der Waals surface area contributed by atoms with E-state index >= 15 is 0 Å². The summed E-state index contributed by atoms with van der Waals surface area (Å²) in [4.78, 5) is 4.70. The summed E-state index contributed by atoms with van der Waals surface area (Å²) in [6, 6.07) is 2.47. The Kier molecular flexibility index (Phi) is 5.75. The van der Waals surface area contributed by atoms with E-state index in [0.717, 1.165) is 39.1 Å². The highest BCUT2D eigenvalue weighted by Gasteiger charge is 2.22. The van der Waals surface area contributed by atoms with Gasteiger partial charge < -0.3 is 4.74 Å². The summed E-state index contributed by atoms with van der Waals surface area (Å²) < 4.78 is 5.26. The van der Waals surface area contributed by atoms with E-state index in [-0.39, 0.29) is 6.04 Å². The maximum absolute atomic E-state index is 9.00. The molecule has 1 aliphatic rings. The molecule has 0 radical (unpaired) electrons. The Morgan fingerprint density at radius 2 is 1.94 bits per heavy atom. The largest absolute Gasteiger partial charge is 0.380 e. The molecule has 2 atom stereocenters. The number of methoxy groups -OCH3 is 1. The summed E-state index contributed by atoms with van der Waals surface area (Å²) in [5.74, 6) is 0. The molecule has 2 unspecified atom stereocenters. The molecule has 0 saturated carbocycles. The molecule has 4 nitrogen and oxygen atoms in total. The highest BCUT2D eigenvalue weighted by molar-refractivity contribution is 4.92. The van der Waals surface area contributed by atoms with Crippen LogP contribution in [0.25, 0.3) is 0 Å². The molecule has 0 aromatic heterocycles. The second-order valence-electron chi connectivity index (χ2n) is 4.44. The second kappa shape index (κ2) is 6.85. The predicted molar refractivity (Wildman–Crippen MR) is 64.2 cm³/mol. The van der Waals surface area contributed by atoms with Gasteiger partial charge in [0.25, 0.3) is 0 Å². The van der Waals surface area contributed by atoms with Crippen molar-refractivity contribution in [3.05, 3.63) is 0 Å². The third-order valence-corrected chi connectivity index (χ3v) is 3.30. The van der Waals surface area contributed by atoms with Crippen LogP contribution in [0.2, 0.25) is 0 Å². The topological polar surface area (TPSA) is 39.5 Å². The summed E-state index contributed by atoms with van der Waals surface area (Å²) in [6.45, 7) is 9.26. The highest BCUT2D eigenvalue weighted by atomic mass is 16.5. The lowest BCUT2D eigenvalue weighted by Crippen LogP contribution is -2.51. The zero-order valence-electron chi connectivity index (χ0n) is 10.6. The molecule has 1 rings (SSSR count). The number of ether oxygens (including phenoxy) is 1. The number of hydrogen-bond donors (Lipinski definition) is 0. The molecule has 0 aliphatic carbocycles. The first-order valence-electron chi connectivity index (χ1n) is 6.10. The van der Waals surface area contributed by atoms with E-state index in [4.69, 9.17) is 10.00 Å². The molecule has 0 aromatic carbocycles. The number of hydrogen-bond acceptors (Lipinski definition) is 4. The van der Waals surface area contributed by atoms with Gasteiger partial charge in [-0.05, 0) is 13.3 Å². The Morgan fingerprint density at radius 1 is 1.31 bits per heavy atom.